The van der Waals surface area contributed by atoms with Crippen molar-refractivity contribution in [2.75, 3.05) is 5.75 Å². The average Bonchev–Trinajstić information content (AvgIpc) is 2.18. The molecule has 0 radical (unpaired) electrons. The molecule has 0 heterocycles. The molecule has 1 rings (SSSR count). The van der Waals surface area contributed by atoms with Crippen LogP contribution in [-0.4, -0.2) is 9.96 Å². The standard InChI is InChI=1S/C10H10FNOS/c1-8(6-12)7-14(13)10-4-2-9(11)3-5-10/h2-5,8H,7H2,1H3. The molecule has 0 aliphatic rings. The maximum atomic E-state index is 12.5. The van der Waals surface area contributed by atoms with Gasteiger partial charge in [-0.1, -0.05) is 0 Å². The van der Waals surface area contributed by atoms with E-state index < -0.39 is 10.8 Å². The molecule has 1 aromatic rings. The zero-order valence-corrected chi connectivity index (χ0v) is 8.55. The van der Waals surface area contributed by atoms with E-state index >= 15 is 0 Å². The molecule has 0 saturated carbocycles. The minimum Gasteiger partial charge on any atom is -0.254 e. The minimum absolute atomic E-state index is 0.249. The lowest BCUT2D eigenvalue weighted by atomic mass is 10.3. The third-order valence-electron chi connectivity index (χ3n) is 1.70. The van der Waals surface area contributed by atoms with Crippen molar-refractivity contribution in [1.29, 1.82) is 5.26 Å². The predicted octanol–water partition coefficient (Wildman–Crippen LogP) is 2.09. The van der Waals surface area contributed by atoms with E-state index in [1.807, 2.05) is 6.07 Å². The Kier molecular flexibility index (Phi) is 3.78. The Morgan fingerprint density at radius 2 is 2.07 bits per heavy atom. The van der Waals surface area contributed by atoms with Gasteiger partial charge in [0, 0.05) is 10.6 Å². The van der Waals surface area contributed by atoms with Crippen molar-refractivity contribution in [2.24, 2.45) is 5.92 Å². The molecule has 0 spiro atoms. The first-order valence-corrected chi connectivity index (χ1v) is 5.49. The first-order chi connectivity index (χ1) is 6.63. The van der Waals surface area contributed by atoms with Gasteiger partial charge in [-0.25, -0.2) is 4.39 Å². The van der Waals surface area contributed by atoms with Crippen LogP contribution in [0.2, 0.25) is 0 Å². The van der Waals surface area contributed by atoms with Crippen molar-refractivity contribution in [1.82, 2.24) is 0 Å². The Morgan fingerprint density at radius 3 is 2.57 bits per heavy atom. The Balaban J connectivity index is 2.71. The summed E-state index contributed by atoms with van der Waals surface area (Å²) in [6, 6.07) is 7.51. The largest absolute Gasteiger partial charge is 0.254 e. The summed E-state index contributed by atoms with van der Waals surface area (Å²) in [6.07, 6.45) is 0. The number of nitrogens with zero attached hydrogens (tertiary/aromatic N) is 1. The second-order valence-corrected chi connectivity index (χ2v) is 4.49. The smallest absolute Gasteiger partial charge is 0.123 e. The molecule has 2 atom stereocenters. The van der Waals surface area contributed by atoms with Crippen LogP contribution < -0.4 is 0 Å². The molecule has 0 fully saturated rings. The Bertz CT molecular complexity index is 369. The Hall–Kier alpha value is -1.21. The zero-order valence-electron chi connectivity index (χ0n) is 7.74. The summed E-state index contributed by atoms with van der Waals surface area (Å²) < 4.78 is 24.1. The first-order valence-electron chi connectivity index (χ1n) is 4.17. The fourth-order valence-corrected chi connectivity index (χ4v) is 2.11. The number of halogens is 1. The van der Waals surface area contributed by atoms with Crippen molar-refractivity contribution in [2.45, 2.75) is 11.8 Å². The molecule has 2 nitrogen and oxygen atoms in total. The summed E-state index contributed by atoms with van der Waals surface area (Å²) in [7, 11) is -1.21. The SMILES string of the molecule is CC(C#N)CS(=O)c1ccc(F)cc1. The number of hydrogen-bond donors (Lipinski definition) is 0. The lowest BCUT2D eigenvalue weighted by molar-refractivity contribution is 0.626. The van der Waals surface area contributed by atoms with Crippen molar-refractivity contribution in [3.05, 3.63) is 30.1 Å². The third-order valence-corrected chi connectivity index (χ3v) is 3.30. The van der Waals surface area contributed by atoms with Crippen molar-refractivity contribution >= 4 is 10.8 Å². The van der Waals surface area contributed by atoms with Crippen LogP contribution >= 0.6 is 0 Å². The lowest BCUT2D eigenvalue weighted by Gasteiger charge is -2.02. The second-order valence-electron chi connectivity index (χ2n) is 3.00. The van der Waals surface area contributed by atoms with Crippen LogP contribution in [0.3, 0.4) is 0 Å². The zero-order chi connectivity index (χ0) is 10.6. The van der Waals surface area contributed by atoms with Gasteiger partial charge in [-0.2, -0.15) is 5.26 Å². The molecule has 14 heavy (non-hydrogen) atoms. The summed E-state index contributed by atoms with van der Waals surface area (Å²) in [6.45, 7) is 1.71. The highest BCUT2D eigenvalue weighted by molar-refractivity contribution is 7.85. The van der Waals surface area contributed by atoms with Gasteiger partial charge in [0.25, 0.3) is 0 Å². The van der Waals surface area contributed by atoms with E-state index in [1.54, 1.807) is 6.92 Å². The van der Waals surface area contributed by atoms with Crippen LogP contribution in [0.25, 0.3) is 0 Å². The maximum Gasteiger partial charge on any atom is 0.123 e. The highest BCUT2D eigenvalue weighted by Gasteiger charge is 2.08. The number of nitriles is 1. The van der Waals surface area contributed by atoms with Crippen molar-refractivity contribution in [3.63, 3.8) is 0 Å². The molecule has 0 aromatic heterocycles. The van der Waals surface area contributed by atoms with Gasteiger partial charge in [0.15, 0.2) is 0 Å². The molecule has 0 N–H and O–H groups in total. The molecule has 1 aromatic carbocycles. The molecular formula is C10H10FNOS. The summed E-state index contributed by atoms with van der Waals surface area (Å²) in [5.41, 5.74) is 0. The van der Waals surface area contributed by atoms with E-state index in [0.717, 1.165) is 0 Å². The Morgan fingerprint density at radius 1 is 1.50 bits per heavy atom. The van der Waals surface area contributed by atoms with Crippen LogP contribution in [0.4, 0.5) is 4.39 Å². The molecule has 2 unspecified atom stereocenters. The highest BCUT2D eigenvalue weighted by atomic mass is 32.2. The molecular weight excluding hydrogens is 201 g/mol. The lowest BCUT2D eigenvalue weighted by Crippen LogP contribution is -2.05. The Labute approximate surface area is 84.8 Å². The van der Waals surface area contributed by atoms with Gasteiger partial charge in [-0.15, -0.1) is 0 Å². The van der Waals surface area contributed by atoms with Crippen molar-refractivity contribution < 1.29 is 8.60 Å². The van der Waals surface area contributed by atoms with E-state index in [4.69, 9.17) is 5.26 Å². The van der Waals surface area contributed by atoms with E-state index in [-0.39, 0.29) is 11.7 Å². The molecule has 0 saturated heterocycles. The number of benzene rings is 1. The van der Waals surface area contributed by atoms with E-state index in [9.17, 15) is 8.60 Å². The number of rotatable bonds is 3. The summed E-state index contributed by atoms with van der Waals surface area (Å²) in [5, 5.41) is 8.53. The molecule has 0 bridgehead atoms. The molecule has 0 aliphatic heterocycles. The van der Waals surface area contributed by atoms with Gasteiger partial charge in [0.05, 0.1) is 22.8 Å². The predicted molar refractivity (Wildman–Crippen MR) is 52.5 cm³/mol. The quantitative estimate of drug-likeness (QED) is 0.768. The minimum atomic E-state index is -1.21. The second kappa shape index (κ2) is 4.87. The molecule has 4 heteroatoms. The van der Waals surface area contributed by atoms with Gasteiger partial charge in [-0.05, 0) is 31.2 Å². The average molecular weight is 211 g/mol. The molecule has 0 amide bonds. The van der Waals surface area contributed by atoms with E-state index in [1.165, 1.54) is 24.3 Å². The monoisotopic (exact) mass is 211 g/mol. The van der Waals surface area contributed by atoms with Gasteiger partial charge in [0.1, 0.15) is 5.82 Å². The highest BCUT2D eigenvalue weighted by Crippen LogP contribution is 2.10. The summed E-state index contributed by atoms with van der Waals surface area (Å²) in [5.74, 6) is -0.303. The van der Waals surface area contributed by atoms with Crippen molar-refractivity contribution in [3.8, 4) is 6.07 Å². The topological polar surface area (TPSA) is 40.9 Å². The molecule has 0 aliphatic carbocycles. The molecule has 74 valence electrons. The van der Waals surface area contributed by atoms with Crippen LogP contribution in [-0.2, 0) is 10.8 Å². The van der Waals surface area contributed by atoms with E-state index in [0.29, 0.717) is 10.6 Å². The van der Waals surface area contributed by atoms with Gasteiger partial charge in [-0.3, -0.25) is 4.21 Å². The maximum absolute atomic E-state index is 12.5. The van der Waals surface area contributed by atoms with Gasteiger partial charge < -0.3 is 0 Å². The number of hydrogen-bond acceptors (Lipinski definition) is 2. The van der Waals surface area contributed by atoms with Crippen LogP contribution in [0.1, 0.15) is 6.92 Å². The van der Waals surface area contributed by atoms with Crippen LogP contribution in [0.5, 0.6) is 0 Å². The van der Waals surface area contributed by atoms with Crippen LogP contribution in [0, 0.1) is 23.1 Å². The first kappa shape index (κ1) is 10.9. The van der Waals surface area contributed by atoms with Gasteiger partial charge >= 0.3 is 0 Å². The van der Waals surface area contributed by atoms with Crippen LogP contribution in [0.15, 0.2) is 29.2 Å². The van der Waals surface area contributed by atoms with Gasteiger partial charge in [0.2, 0.25) is 0 Å². The summed E-state index contributed by atoms with van der Waals surface area (Å²) in [4.78, 5) is 0.563. The normalized spacial score (nSPS) is 14.4. The summed E-state index contributed by atoms with van der Waals surface area (Å²) >= 11 is 0. The van der Waals surface area contributed by atoms with E-state index in [2.05, 4.69) is 0 Å². The third kappa shape index (κ3) is 2.93. The fourth-order valence-electron chi connectivity index (χ4n) is 0.947. The fraction of sp³-hybridized carbons (Fsp3) is 0.300.